The minimum absolute atomic E-state index is 0.216. The predicted octanol–water partition coefficient (Wildman–Crippen LogP) is 5.96. The fraction of sp³-hybridized carbons (Fsp3) is 0.200. The van der Waals surface area contributed by atoms with E-state index in [-0.39, 0.29) is 11.0 Å². The summed E-state index contributed by atoms with van der Waals surface area (Å²) >= 11 is 8.75. The molecule has 8 heteroatoms. The molecule has 1 aromatic heterocycles. The largest absolute Gasteiger partial charge is 0.332 e. The molecule has 1 heterocycles. The highest BCUT2D eigenvalue weighted by Crippen LogP contribution is 2.23. The molecule has 0 aliphatic rings. The SMILES string of the molecule is CCCCc1ccc(-n2nc3cc(C)c(NC(=S)NC(=O)c4ccccc4Br)cc3n2)cc1. The van der Waals surface area contributed by atoms with Crippen molar-refractivity contribution < 1.29 is 4.79 Å². The number of thiocarbonyl (C=S) groups is 1. The summed E-state index contributed by atoms with van der Waals surface area (Å²) in [5, 5.41) is 15.3. The van der Waals surface area contributed by atoms with Crippen molar-refractivity contribution in [3.8, 4) is 5.69 Å². The lowest BCUT2D eigenvalue weighted by atomic mass is 10.1. The summed E-state index contributed by atoms with van der Waals surface area (Å²) in [6.45, 7) is 4.16. The number of halogens is 1. The van der Waals surface area contributed by atoms with E-state index in [0.717, 1.165) is 34.4 Å². The molecule has 0 aliphatic heterocycles. The standard InChI is InChI=1S/C25H24BrN5OS/c1-3-4-7-17-10-12-18(13-11-17)31-29-22-14-16(2)21(15-23(22)30-31)27-25(33)28-24(32)19-8-5-6-9-20(19)26/h5-6,8-15H,3-4,7H2,1-2H3,(H2,27,28,32,33). The lowest BCUT2D eigenvalue weighted by Crippen LogP contribution is -2.34. The van der Waals surface area contributed by atoms with Gasteiger partial charge in [-0.3, -0.25) is 10.1 Å². The van der Waals surface area contributed by atoms with Gasteiger partial charge in [0.15, 0.2) is 5.11 Å². The third kappa shape index (κ3) is 5.46. The molecule has 168 valence electrons. The van der Waals surface area contributed by atoms with Gasteiger partial charge in [0, 0.05) is 10.2 Å². The van der Waals surface area contributed by atoms with Crippen molar-refractivity contribution in [2.24, 2.45) is 0 Å². The summed E-state index contributed by atoms with van der Waals surface area (Å²) < 4.78 is 0.706. The van der Waals surface area contributed by atoms with E-state index in [9.17, 15) is 4.79 Å². The molecule has 0 aliphatic carbocycles. The maximum absolute atomic E-state index is 12.5. The molecule has 6 nitrogen and oxygen atoms in total. The zero-order chi connectivity index (χ0) is 23.4. The van der Waals surface area contributed by atoms with Crippen LogP contribution in [0.15, 0.2) is 65.1 Å². The molecule has 0 bridgehead atoms. The van der Waals surface area contributed by atoms with Crippen LogP contribution in [0.1, 0.15) is 41.3 Å². The van der Waals surface area contributed by atoms with Crippen molar-refractivity contribution in [1.29, 1.82) is 0 Å². The Bertz CT molecular complexity index is 1320. The number of anilines is 1. The molecule has 0 saturated heterocycles. The smallest absolute Gasteiger partial charge is 0.258 e. The Morgan fingerprint density at radius 1 is 1.06 bits per heavy atom. The van der Waals surface area contributed by atoms with Crippen molar-refractivity contribution in [2.45, 2.75) is 33.1 Å². The highest BCUT2D eigenvalue weighted by Gasteiger charge is 2.13. The molecule has 2 N–H and O–H groups in total. The van der Waals surface area contributed by atoms with Crippen LogP contribution in [0.2, 0.25) is 0 Å². The van der Waals surface area contributed by atoms with Crippen molar-refractivity contribution in [3.05, 3.63) is 81.8 Å². The van der Waals surface area contributed by atoms with Gasteiger partial charge in [0.1, 0.15) is 11.0 Å². The van der Waals surface area contributed by atoms with Crippen molar-refractivity contribution >= 4 is 55.9 Å². The van der Waals surface area contributed by atoms with Crippen molar-refractivity contribution in [1.82, 2.24) is 20.3 Å². The summed E-state index contributed by atoms with van der Waals surface area (Å²) in [7, 11) is 0. The second-order valence-corrected chi connectivity index (χ2v) is 9.07. The highest BCUT2D eigenvalue weighted by molar-refractivity contribution is 9.10. The second kappa shape index (κ2) is 10.2. The summed E-state index contributed by atoms with van der Waals surface area (Å²) in [6, 6.07) is 19.4. The molecule has 0 unspecified atom stereocenters. The van der Waals surface area contributed by atoms with Crippen LogP contribution in [-0.2, 0) is 6.42 Å². The number of benzene rings is 3. The van der Waals surface area contributed by atoms with Crippen LogP contribution in [0, 0.1) is 6.92 Å². The minimum Gasteiger partial charge on any atom is -0.332 e. The van der Waals surface area contributed by atoms with Crippen LogP contribution in [0.3, 0.4) is 0 Å². The number of carbonyl (C=O) groups excluding carboxylic acids is 1. The van der Waals surface area contributed by atoms with E-state index >= 15 is 0 Å². The van der Waals surface area contributed by atoms with Crippen LogP contribution in [0.25, 0.3) is 16.7 Å². The molecular formula is C25H24BrN5OS. The first-order valence-corrected chi connectivity index (χ1v) is 12.0. The lowest BCUT2D eigenvalue weighted by molar-refractivity contribution is 0.0977. The fourth-order valence-corrected chi connectivity index (χ4v) is 4.13. The predicted molar refractivity (Wildman–Crippen MR) is 140 cm³/mol. The fourth-order valence-electron chi connectivity index (χ4n) is 3.46. The van der Waals surface area contributed by atoms with Crippen LogP contribution >= 0.6 is 28.1 Å². The van der Waals surface area contributed by atoms with Crippen LogP contribution in [0.4, 0.5) is 5.69 Å². The molecule has 3 aromatic carbocycles. The van der Waals surface area contributed by atoms with Gasteiger partial charge in [0.25, 0.3) is 5.91 Å². The lowest BCUT2D eigenvalue weighted by Gasteiger charge is -2.12. The number of aryl methyl sites for hydroxylation is 2. The molecule has 0 fully saturated rings. The quantitative estimate of drug-likeness (QED) is 0.306. The third-order valence-electron chi connectivity index (χ3n) is 5.31. The Kier molecular flexibility index (Phi) is 7.15. The third-order valence-corrected chi connectivity index (χ3v) is 6.20. The van der Waals surface area contributed by atoms with Gasteiger partial charge >= 0.3 is 0 Å². The first-order valence-electron chi connectivity index (χ1n) is 10.8. The molecular weight excluding hydrogens is 498 g/mol. The molecule has 0 radical (unpaired) electrons. The number of aromatic nitrogens is 3. The number of nitrogens with zero attached hydrogens (tertiary/aromatic N) is 3. The first-order chi connectivity index (χ1) is 15.9. The molecule has 0 spiro atoms. The molecule has 0 atom stereocenters. The zero-order valence-corrected chi connectivity index (χ0v) is 20.8. The molecule has 1 amide bonds. The number of unbranched alkanes of at least 4 members (excludes halogenated alkanes) is 1. The van der Waals surface area contributed by atoms with Crippen LogP contribution < -0.4 is 10.6 Å². The Labute approximate surface area is 206 Å². The molecule has 0 saturated carbocycles. The van der Waals surface area contributed by atoms with E-state index in [4.69, 9.17) is 12.2 Å². The van der Waals surface area contributed by atoms with E-state index in [1.807, 2.05) is 43.3 Å². The Balaban J connectivity index is 1.50. The monoisotopic (exact) mass is 521 g/mol. The number of amides is 1. The second-order valence-electron chi connectivity index (χ2n) is 7.80. The van der Waals surface area contributed by atoms with E-state index < -0.39 is 0 Å². The van der Waals surface area contributed by atoms with E-state index in [1.165, 1.54) is 18.4 Å². The average molecular weight is 522 g/mol. The van der Waals surface area contributed by atoms with Crippen molar-refractivity contribution in [2.75, 3.05) is 5.32 Å². The number of carbonyl (C=O) groups is 1. The van der Waals surface area contributed by atoms with Crippen molar-refractivity contribution in [3.63, 3.8) is 0 Å². The number of rotatable bonds is 6. The van der Waals surface area contributed by atoms with Gasteiger partial charge in [0.2, 0.25) is 0 Å². The Morgan fingerprint density at radius 3 is 2.45 bits per heavy atom. The normalized spacial score (nSPS) is 10.9. The van der Waals surface area contributed by atoms with Crippen LogP contribution in [-0.4, -0.2) is 26.0 Å². The Morgan fingerprint density at radius 2 is 1.76 bits per heavy atom. The summed E-state index contributed by atoms with van der Waals surface area (Å²) in [5.74, 6) is -0.285. The van der Waals surface area contributed by atoms with Gasteiger partial charge < -0.3 is 5.32 Å². The number of fused-ring (bicyclic) bond motifs is 1. The van der Waals surface area contributed by atoms with Gasteiger partial charge in [-0.1, -0.05) is 37.6 Å². The van der Waals surface area contributed by atoms with Gasteiger partial charge in [-0.25, -0.2) is 0 Å². The summed E-state index contributed by atoms with van der Waals surface area (Å²) in [5.41, 5.74) is 5.98. The number of nitrogens with one attached hydrogen (secondary N) is 2. The Hall–Kier alpha value is -3.10. The average Bonchev–Trinajstić information content (AvgIpc) is 3.21. The van der Waals surface area contributed by atoms with E-state index in [0.29, 0.717) is 10.0 Å². The van der Waals surface area contributed by atoms with Gasteiger partial charge in [-0.05, 0) is 95.4 Å². The topological polar surface area (TPSA) is 71.8 Å². The summed E-state index contributed by atoms with van der Waals surface area (Å²) in [4.78, 5) is 14.2. The van der Waals surface area contributed by atoms with E-state index in [1.54, 1.807) is 16.9 Å². The van der Waals surface area contributed by atoms with E-state index in [2.05, 4.69) is 55.8 Å². The number of hydrogen-bond donors (Lipinski definition) is 2. The number of hydrogen-bond acceptors (Lipinski definition) is 4. The summed E-state index contributed by atoms with van der Waals surface area (Å²) in [6.07, 6.45) is 3.45. The molecule has 4 rings (SSSR count). The zero-order valence-electron chi connectivity index (χ0n) is 18.4. The van der Waals surface area contributed by atoms with Gasteiger partial charge in [-0.15, -0.1) is 10.2 Å². The maximum Gasteiger partial charge on any atom is 0.258 e. The molecule has 4 aromatic rings. The van der Waals surface area contributed by atoms with Gasteiger partial charge in [-0.2, -0.15) is 4.80 Å². The minimum atomic E-state index is -0.285. The first kappa shape index (κ1) is 23.1. The molecule has 33 heavy (non-hydrogen) atoms. The van der Waals surface area contributed by atoms with Crippen LogP contribution in [0.5, 0.6) is 0 Å². The maximum atomic E-state index is 12.5. The van der Waals surface area contributed by atoms with Gasteiger partial charge in [0.05, 0.1) is 11.3 Å². The highest BCUT2D eigenvalue weighted by atomic mass is 79.9.